The number of ether oxygens (including phenoxy) is 1. The van der Waals surface area contributed by atoms with Crippen LogP contribution in [0.1, 0.15) is 43.2 Å². The number of aryl methyl sites for hydroxylation is 2. The van der Waals surface area contributed by atoms with Crippen molar-refractivity contribution in [2.45, 2.75) is 45.4 Å². The maximum atomic E-state index is 15.0. The van der Waals surface area contributed by atoms with Gasteiger partial charge in [-0.15, -0.1) is 24.5 Å². The number of hydrogen-bond donors (Lipinski definition) is 2. The number of aromatic nitrogens is 2. The molecule has 6 unspecified atom stereocenters. The standard InChI is InChI=1S/C38H32ClF3N4O8S/c1-16-21-12-17(39)4-9-27(21)55-32(16)25-15-28(44(3)43-25)46-34(51)24-14-22-19(6-7-20-30(22)35(52)45(33(20)50)11-10-29(48)49)31(37(24,2)36(46)53)23-13-18(5-8-26(23)47)54-38(40,41)42/h4-6,8-9,12-13,15,20,22,24,30-31,47H,7,10-11,14H2,1-3H3,(H,48,49). The van der Waals surface area contributed by atoms with Crippen molar-refractivity contribution in [1.29, 1.82) is 0 Å². The Morgan fingerprint density at radius 1 is 1.07 bits per heavy atom. The first-order valence-electron chi connectivity index (χ1n) is 17.4. The summed E-state index contributed by atoms with van der Waals surface area (Å²) < 4.78 is 46.9. The lowest BCUT2D eigenvalue weighted by Crippen LogP contribution is -2.49. The van der Waals surface area contributed by atoms with Crippen molar-refractivity contribution in [3.8, 4) is 22.1 Å². The van der Waals surface area contributed by atoms with Crippen LogP contribution >= 0.6 is 22.9 Å². The molecule has 286 valence electrons. The number of carboxylic acid groups (broad SMARTS) is 1. The van der Waals surface area contributed by atoms with Gasteiger partial charge in [-0.25, -0.2) is 4.90 Å². The topological polar surface area (TPSA) is 159 Å². The molecule has 8 rings (SSSR count). The van der Waals surface area contributed by atoms with Gasteiger partial charge in [0, 0.05) is 40.9 Å². The number of allylic oxidation sites excluding steroid dienone is 2. The Balaban J connectivity index is 1.25. The van der Waals surface area contributed by atoms with Gasteiger partial charge in [0.15, 0.2) is 0 Å². The Labute approximate surface area is 319 Å². The average molecular weight is 797 g/mol. The molecule has 2 aliphatic heterocycles. The largest absolute Gasteiger partial charge is 0.573 e. The number of thiophene rings is 1. The van der Waals surface area contributed by atoms with E-state index in [4.69, 9.17) is 11.6 Å². The summed E-state index contributed by atoms with van der Waals surface area (Å²) >= 11 is 7.72. The monoisotopic (exact) mass is 796 g/mol. The van der Waals surface area contributed by atoms with Crippen molar-refractivity contribution in [3.05, 3.63) is 70.3 Å². The van der Waals surface area contributed by atoms with Crippen molar-refractivity contribution in [3.63, 3.8) is 0 Å². The maximum Gasteiger partial charge on any atom is 0.573 e. The summed E-state index contributed by atoms with van der Waals surface area (Å²) in [6.45, 7) is 3.08. The van der Waals surface area contributed by atoms with E-state index in [1.165, 1.54) is 22.9 Å². The van der Waals surface area contributed by atoms with Crippen LogP contribution in [0.3, 0.4) is 0 Å². The number of likely N-dealkylation sites (tertiary alicyclic amines) is 1. The van der Waals surface area contributed by atoms with Gasteiger partial charge >= 0.3 is 12.3 Å². The molecule has 2 aliphatic carbocycles. The Morgan fingerprint density at radius 2 is 1.82 bits per heavy atom. The Morgan fingerprint density at radius 3 is 2.53 bits per heavy atom. The number of anilines is 1. The van der Waals surface area contributed by atoms with Gasteiger partial charge in [0.25, 0.3) is 0 Å². The van der Waals surface area contributed by atoms with E-state index >= 15 is 0 Å². The zero-order chi connectivity index (χ0) is 39.5. The van der Waals surface area contributed by atoms with E-state index < -0.39 is 88.9 Å². The lowest BCUT2D eigenvalue weighted by Gasteiger charge is -2.49. The van der Waals surface area contributed by atoms with Crippen LogP contribution in [0.5, 0.6) is 11.5 Å². The third-order valence-corrected chi connectivity index (χ3v) is 13.2. The predicted molar refractivity (Wildman–Crippen MR) is 192 cm³/mol. The predicted octanol–water partition coefficient (Wildman–Crippen LogP) is 6.57. The first-order chi connectivity index (χ1) is 25.9. The number of aliphatic carboxylic acids is 1. The summed E-state index contributed by atoms with van der Waals surface area (Å²) in [5.74, 6) is -9.92. The molecule has 0 radical (unpaired) electrons. The Kier molecular flexibility index (Phi) is 8.46. The smallest absolute Gasteiger partial charge is 0.508 e. The second-order valence-electron chi connectivity index (χ2n) is 14.6. The molecule has 2 aromatic carbocycles. The quantitative estimate of drug-likeness (QED) is 0.156. The highest BCUT2D eigenvalue weighted by molar-refractivity contribution is 7.22. The summed E-state index contributed by atoms with van der Waals surface area (Å²) in [4.78, 5) is 71.2. The first-order valence-corrected chi connectivity index (χ1v) is 18.6. The van der Waals surface area contributed by atoms with Crippen LogP contribution < -0.4 is 9.64 Å². The highest BCUT2D eigenvalue weighted by atomic mass is 35.5. The van der Waals surface area contributed by atoms with Gasteiger partial charge in [-0.05, 0) is 80.0 Å². The molecule has 2 saturated heterocycles. The van der Waals surface area contributed by atoms with Gasteiger partial charge < -0.3 is 14.9 Å². The molecule has 0 bridgehead atoms. The third kappa shape index (κ3) is 5.62. The fourth-order valence-corrected chi connectivity index (χ4v) is 10.6. The summed E-state index contributed by atoms with van der Waals surface area (Å²) in [7, 11) is 1.58. The van der Waals surface area contributed by atoms with Gasteiger partial charge in [0.2, 0.25) is 23.6 Å². The molecule has 6 atom stereocenters. The maximum absolute atomic E-state index is 15.0. The molecule has 0 spiro atoms. The van der Waals surface area contributed by atoms with E-state index in [1.54, 1.807) is 25.3 Å². The minimum atomic E-state index is -5.09. The van der Waals surface area contributed by atoms with Crippen LogP contribution in [-0.4, -0.2) is 67.4 Å². The number of hydrogen-bond acceptors (Lipinski definition) is 9. The molecule has 4 heterocycles. The number of phenols is 1. The average Bonchev–Trinajstić information content (AvgIpc) is 3.78. The molecule has 55 heavy (non-hydrogen) atoms. The fraction of sp³-hybridized carbons (Fsp3) is 0.368. The van der Waals surface area contributed by atoms with E-state index in [1.807, 2.05) is 19.1 Å². The van der Waals surface area contributed by atoms with E-state index in [2.05, 4.69) is 9.84 Å². The lowest BCUT2D eigenvalue weighted by molar-refractivity contribution is -0.274. The normalized spacial score (nSPS) is 26.4. The van der Waals surface area contributed by atoms with Gasteiger partial charge in [0.05, 0.1) is 34.5 Å². The summed E-state index contributed by atoms with van der Waals surface area (Å²) in [5.41, 5.74) is -0.0495. The van der Waals surface area contributed by atoms with E-state index in [-0.39, 0.29) is 30.8 Å². The zero-order valence-electron chi connectivity index (χ0n) is 29.4. The number of carbonyl (C=O) groups is 5. The number of phenolic OH excluding ortho intramolecular Hbond substituents is 1. The number of aromatic hydroxyl groups is 1. The number of nitrogens with zero attached hydrogens (tertiary/aromatic N) is 4. The molecule has 4 aliphatic rings. The molecule has 4 amide bonds. The molecule has 4 aromatic rings. The van der Waals surface area contributed by atoms with Gasteiger partial charge in [-0.2, -0.15) is 5.10 Å². The SMILES string of the molecule is Cc1c(-c2cc(N3C(=O)C4CC5C(=CCC6C(=O)N(CCC(=O)O)C(=O)C65)C(c5cc(OC(F)(F)F)ccc5O)C4(C)C3=O)n(C)n2)sc2ccc(Cl)cc12. The Hall–Kier alpha value is -5.22. The zero-order valence-corrected chi connectivity index (χ0v) is 31.0. The van der Waals surface area contributed by atoms with Crippen molar-refractivity contribution in [2.24, 2.45) is 36.1 Å². The molecular weight excluding hydrogens is 765 g/mol. The van der Waals surface area contributed by atoms with Gasteiger partial charge in [0.1, 0.15) is 23.0 Å². The van der Waals surface area contributed by atoms with Crippen LogP contribution in [0.4, 0.5) is 19.0 Å². The number of fused-ring (bicyclic) bond motifs is 5. The molecular formula is C38H32ClF3N4O8S. The van der Waals surface area contributed by atoms with Gasteiger partial charge in [-0.3, -0.25) is 33.6 Å². The molecule has 3 fully saturated rings. The van der Waals surface area contributed by atoms with Crippen LogP contribution in [0.25, 0.3) is 20.7 Å². The Bertz CT molecular complexity index is 2410. The third-order valence-electron chi connectivity index (χ3n) is 11.7. The fourth-order valence-electron chi connectivity index (χ4n) is 9.25. The molecule has 2 N–H and O–H groups in total. The number of benzene rings is 2. The van der Waals surface area contributed by atoms with Crippen molar-refractivity contribution < 1.29 is 52.1 Å². The lowest BCUT2D eigenvalue weighted by atomic mass is 9.51. The number of rotatable bonds is 7. The van der Waals surface area contributed by atoms with Crippen molar-refractivity contribution in [1.82, 2.24) is 14.7 Å². The minimum Gasteiger partial charge on any atom is -0.508 e. The number of imide groups is 2. The highest BCUT2D eigenvalue weighted by Gasteiger charge is 2.68. The van der Waals surface area contributed by atoms with Crippen molar-refractivity contribution in [2.75, 3.05) is 11.4 Å². The van der Waals surface area contributed by atoms with E-state index in [0.717, 1.165) is 48.5 Å². The van der Waals surface area contributed by atoms with Crippen LogP contribution in [-0.2, 0) is 31.0 Å². The van der Waals surface area contributed by atoms with E-state index in [0.29, 0.717) is 16.3 Å². The minimum absolute atomic E-state index is 0.0120. The van der Waals surface area contributed by atoms with Crippen molar-refractivity contribution >= 4 is 68.4 Å². The van der Waals surface area contributed by atoms with Crippen LogP contribution in [0, 0.1) is 36.0 Å². The number of carbonyl (C=O) groups excluding carboxylic acids is 4. The first kappa shape index (κ1) is 36.7. The molecule has 17 heteroatoms. The van der Waals surface area contributed by atoms with Gasteiger partial charge in [-0.1, -0.05) is 23.3 Å². The number of alkyl halides is 3. The highest BCUT2D eigenvalue weighted by Crippen LogP contribution is 2.64. The number of amides is 4. The number of carboxylic acids is 1. The van der Waals surface area contributed by atoms with Crippen LogP contribution in [0.15, 0.2) is 54.1 Å². The second-order valence-corrected chi connectivity index (χ2v) is 16.1. The summed E-state index contributed by atoms with van der Waals surface area (Å²) in [5, 5.41) is 26.7. The molecule has 2 aromatic heterocycles. The van der Waals surface area contributed by atoms with Crippen LogP contribution in [0.2, 0.25) is 5.02 Å². The number of halogens is 4. The second kappa shape index (κ2) is 12.7. The van der Waals surface area contributed by atoms with E-state index in [9.17, 15) is 47.4 Å². The summed E-state index contributed by atoms with van der Waals surface area (Å²) in [6, 6.07) is 10.0. The molecule has 1 saturated carbocycles. The molecule has 12 nitrogen and oxygen atoms in total. The summed E-state index contributed by atoms with van der Waals surface area (Å²) in [6.07, 6.45) is -3.96.